The SMILES string of the molecule is CCCCCCCCCCCCCCCCCCOc1cccnc1B(O)O. The van der Waals surface area contributed by atoms with Gasteiger partial charge >= 0.3 is 7.12 Å². The molecule has 2 N–H and O–H groups in total. The average molecular weight is 391 g/mol. The second kappa shape index (κ2) is 18.0. The fraction of sp³-hybridized carbons (Fsp3) is 0.783. The first-order chi connectivity index (χ1) is 13.8. The maximum Gasteiger partial charge on any atom is 0.512 e. The van der Waals surface area contributed by atoms with Crippen LogP contribution < -0.4 is 10.3 Å². The van der Waals surface area contributed by atoms with Crippen molar-refractivity contribution in [2.45, 2.75) is 110 Å². The summed E-state index contributed by atoms with van der Waals surface area (Å²) in [6.45, 7) is 2.88. The fourth-order valence-corrected chi connectivity index (χ4v) is 3.55. The summed E-state index contributed by atoms with van der Waals surface area (Å²) in [5.41, 5.74) is 0.194. The quantitative estimate of drug-likeness (QED) is 0.245. The monoisotopic (exact) mass is 391 g/mol. The van der Waals surface area contributed by atoms with E-state index in [-0.39, 0.29) is 5.59 Å². The Morgan fingerprint density at radius 3 is 1.68 bits per heavy atom. The maximum atomic E-state index is 9.26. The summed E-state index contributed by atoms with van der Waals surface area (Å²) in [6, 6.07) is 3.48. The number of unbranched alkanes of at least 4 members (excludes halogenated alkanes) is 15. The molecule has 0 aliphatic rings. The third-order valence-corrected chi connectivity index (χ3v) is 5.30. The first-order valence-corrected chi connectivity index (χ1v) is 11.7. The Kier molecular flexibility index (Phi) is 16.0. The molecule has 0 amide bonds. The van der Waals surface area contributed by atoms with Crippen molar-refractivity contribution in [2.75, 3.05) is 6.61 Å². The lowest BCUT2D eigenvalue weighted by Crippen LogP contribution is -2.34. The molecule has 0 aliphatic carbocycles. The van der Waals surface area contributed by atoms with E-state index >= 15 is 0 Å². The van der Waals surface area contributed by atoms with Gasteiger partial charge in [0.2, 0.25) is 0 Å². The van der Waals surface area contributed by atoms with E-state index in [1.165, 1.54) is 96.1 Å². The van der Waals surface area contributed by atoms with Crippen molar-refractivity contribution in [3.63, 3.8) is 0 Å². The lowest BCUT2D eigenvalue weighted by Gasteiger charge is -2.09. The molecule has 28 heavy (non-hydrogen) atoms. The molecule has 0 unspecified atom stereocenters. The van der Waals surface area contributed by atoms with Crippen LogP contribution >= 0.6 is 0 Å². The Labute approximate surface area is 173 Å². The topological polar surface area (TPSA) is 62.6 Å². The van der Waals surface area contributed by atoms with Gasteiger partial charge in [-0.2, -0.15) is 0 Å². The van der Waals surface area contributed by atoms with E-state index in [2.05, 4.69) is 11.9 Å². The predicted molar refractivity (Wildman–Crippen MR) is 119 cm³/mol. The Morgan fingerprint density at radius 2 is 1.21 bits per heavy atom. The van der Waals surface area contributed by atoms with Crippen LogP contribution in [-0.4, -0.2) is 28.8 Å². The van der Waals surface area contributed by atoms with Gasteiger partial charge in [-0.3, -0.25) is 4.98 Å². The van der Waals surface area contributed by atoms with E-state index in [1.807, 2.05) is 0 Å². The molecule has 4 nitrogen and oxygen atoms in total. The van der Waals surface area contributed by atoms with Crippen molar-refractivity contribution < 1.29 is 14.8 Å². The lowest BCUT2D eigenvalue weighted by molar-refractivity contribution is 0.303. The van der Waals surface area contributed by atoms with Crippen LogP contribution in [0, 0.1) is 0 Å². The number of hydrogen-bond acceptors (Lipinski definition) is 4. The molecule has 0 saturated heterocycles. The molecule has 1 rings (SSSR count). The van der Waals surface area contributed by atoms with Crippen molar-refractivity contribution in [2.24, 2.45) is 0 Å². The highest BCUT2D eigenvalue weighted by Crippen LogP contribution is 2.14. The van der Waals surface area contributed by atoms with Gasteiger partial charge in [0.1, 0.15) is 11.3 Å². The van der Waals surface area contributed by atoms with Crippen LogP contribution in [0.1, 0.15) is 110 Å². The summed E-state index contributed by atoms with van der Waals surface area (Å²) in [7, 11) is -1.58. The number of ether oxygens (including phenoxy) is 1. The van der Waals surface area contributed by atoms with Crippen molar-refractivity contribution in [3.05, 3.63) is 18.3 Å². The summed E-state index contributed by atoms with van der Waals surface area (Å²) in [5.74, 6) is 0.471. The number of rotatable bonds is 19. The van der Waals surface area contributed by atoms with Crippen LogP contribution in [0.25, 0.3) is 0 Å². The van der Waals surface area contributed by atoms with Gasteiger partial charge in [0.25, 0.3) is 0 Å². The smallest absolute Gasteiger partial charge is 0.492 e. The molecule has 1 aromatic rings. The summed E-state index contributed by atoms with van der Waals surface area (Å²) >= 11 is 0. The molecule has 0 atom stereocenters. The van der Waals surface area contributed by atoms with E-state index in [0.29, 0.717) is 12.4 Å². The normalized spacial score (nSPS) is 11.0. The van der Waals surface area contributed by atoms with Crippen LogP contribution in [-0.2, 0) is 0 Å². The van der Waals surface area contributed by atoms with Crippen molar-refractivity contribution in [1.82, 2.24) is 4.98 Å². The lowest BCUT2D eigenvalue weighted by atomic mass is 9.85. The van der Waals surface area contributed by atoms with E-state index < -0.39 is 7.12 Å². The second-order valence-corrected chi connectivity index (χ2v) is 7.91. The minimum Gasteiger partial charge on any atom is -0.492 e. The highest BCUT2D eigenvalue weighted by atomic mass is 16.5. The van der Waals surface area contributed by atoms with Gasteiger partial charge in [-0.1, -0.05) is 103 Å². The summed E-state index contributed by atoms with van der Waals surface area (Å²) < 4.78 is 5.64. The van der Waals surface area contributed by atoms with Gasteiger partial charge in [0, 0.05) is 6.20 Å². The molecule has 0 radical (unpaired) electrons. The Hall–Kier alpha value is -1.07. The Bertz CT molecular complexity index is 471. The molecule has 0 spiro atoms. The molecule has 0 fully saturated rings. The van der Waals surface area contributed by atoms with Crippen LogP contribution in [0.5, 0.6) is 5.75 Å². The molecular formula is C23H42BNO3. The highest BCUT2D eigenvalue weighted by molar-refractivity contribution is 6.58. The van der Waals surface area contributed by atoms with Crippen molar-refractivity contribution in [1.29, 1.82) is 0 Å². The molecular weight excluding hydrogens is 349 g/mol. The number of nitrogens with zero attached hydrogens (tertiary/aromatic N) is 1. The van der Waals surface area contributed by atoms with Gasteiger partial charge in [-0.15, -0.1) is 0 Å². The zero-order chi connectivity index (χ0) is 20.3. The van der Waals surface area contributed by atoms with Crippen LogP contribution in [0.4, 0.5) is 0 Å². The second-order valence-electron chi connectivity index (χ2n) is 7.91. The molecule has 1 aromatic heterocycles. The number of aromatic nitrogens is 1. The molecule has 1 heterocycles. The molecule has 0 aliphatic heterocycles. The number of hydrogen-bond donors (Lipinski definition) is 2. The van der Waals surface area contributed by atoms with E-state index in [1.54, 1.807) is 12.1 Å². The van der Waals surface area contributed by atoms with Crippen LogP contribution in [0.15, 0.2) is 18.3 Å². The summed E-state index contributed by atoms with van der Waals surface area (Å²) in [4.78, 5) is 3.95. The van der Waals surface area contributed by atoms with Gasteiger partial charge in [-0.25, -0.2) is 0 Å². The molecule has 0 aromatic carbocycles. The zero-order valence-electron chi connectivity index (χ0n) is 18.1. The van der Waals surface area contributed by atoms with E-state index in [0.717, 1.165) is 12.8 Å². The fourth-order valence-electron chi connectivity index (χ4n) is 3.55. The molecule has 5 heteroatoms. The van der Waals surface area contributed by atoms with Crippen molar-refractivity contribution in [3.8, 4) is 5.75 Å². The summed E-state index contributed by atoms with van der Waals surface area (Å²) in [5, 5.41) is 18.5. The Balaban J connectivity index is 1.83. The third-order valence-electron chi connectivity index (χ3n) is 5.30. The van der Waals surface area contributed by atoms with Gasteiger partial charge in [0.05, 0.1) is 6.61 Å². The molecule has 160 valence electrons. The van der Waals surface area contributed by atoms with Gasteiger partial charge < -0.3 is 14.8 Å². The summed E-state index contributed by atoms with van der Waals surface area (Å²) in [6.07, 6.45) is 23.1. The van der Waals surface area contributed by atoms with Gasteiger partial charge in [-0.05, 0) is 18.6 Å². The van der Waals surface area contributed by atoms with Crippen LogP contribution in [0.3, 0.4) is 0 Å². The maximum absolute atomic E-state index is 9.26. The number of pyridine rings is 1. The van der Waals surface area contributed by atoms with Crippen molar-refractivity contribution >= 4 is 12.7 Å². The average Bonchev–Trinajstić information content (AvgIpc) is 2.70. The van der Waals surface area contributed by atoms with E-state index in [9.17, 15) is 10.0 Å². The minimum atomic E-state index is -1.58. The van der Waals surface area contributed by atoms with Gasteiger partial charge in [0.15, 0.2) is 0 Å². The first kappa shape index (κ1) is 25.0. The van der Waals surface area contributed by atoms with Crippen LogP contribution in [0.2, 0.25) is 0 Å². The predicted octanol–water partition coefficient (Wildman–Crippen LogP) is 5.40. The standard InChI is InChI=1S/C23H42BNO3/c1-2-3-4-5-6-7-8-9-10-11-12-13-14-15-16-17-21-28-22-19-18-20-25-23(22)24(26)27/h18-20,26-27H,2-17,21H2,1H3. The molecule has 0 saturated carbocycles. The third kappa shape index (κ3) is 13.2. The molecule has 0 bridgehead atoms. The Morgan fingerprint density at radius 1 is 0.750 bits per heavy atom. The largest absolute Gasteiger partial charge is 0.512 e. The highest BCUT2D eigenvalue weighted by Gasteiger charge is 2.18. The van der Waals surface area contributed by atoms with E-state index in [4.69, 9.17) is 4.74 Å². The first-order valence-electron chi connectivity index (χ1n) is 11.7. The minimum absolute atomic E-state index is 0.194. The zero-order valence-corrected chi connectivity index (χ0v) is 18.1.